The lowest BCUT2D eigenvalue weighted by molar-refractivity contribution is 0.0758. The average molecular weight is 387 g/mol. The topological polar surface area (TPSA) is 41.6 Å². The molecule has 2 saturated heterocycles. The van der Waals surface area contributed by atoms with Crippen molar-refractivity contribution in [2.75, 3.05) is 26.2 Å². The van der Waals surface area contributed by atoms with Crippen LogP contribution in [0.2, 0.25) is 0 Å². The second-order valence-electron chi connectivity index (χ2n) is 7.35. The van der Waals surface area contributed by atoms with E-state index in [4.69, 9.17) is 4.74 Å². The normalized spacial score (nSPS) is 21.7. The molecule has 0 unspecified atom stereocenters. The van der Waals surface area contributed by atoms with Crippen molar-refractivity contribution in [1.29, 1.82) is 0 Å². The van der Waals surface area contributed by atoms with E-state index in [-0.39, 0.29) is 18.3 Å². The lowest BCUT2D eigenvalue weighted by Gasteiger charge is -2.21. The number of carbonyl (C=O) groups excluding carboxylic acids is 1. The van der Waals surface area contributed by atoms with Crippen LogP contribution < -0.4 is 10.1 Å². The first kappa shape index (κ1) is 19.7. The van der Waals surface area contributed by atoms with Gasteiger partial charge in [-0.2, -0.15) is 0 Å². The van der Waals surface area contributed by atoms with Crippen LogP contribution in [0, 0.1) is 11.8 Å². The van der Waals surface area contributed by atoms with Crippen LogP contribution in [0.15, 0.2) is 54.6 Å². The fraction of sp³-hybridized carbons (Fsp3) is 0.409. The molecule has 2 aromatic carbocycles. The van der Waals surface area contributed by atoms with E-state index in [2.05, 4.69) is 5.32 Å². The van der Waals surface area contributed by atoms with E-state index in [9.17, 15) is 4.79 Å². The summed E-state index contributed by atoms with van der Waals surface area (Å²) in [6, 6.07) is 17.6. The Balaban J connectivity index is 0.00000210. The lowest BCUT2D eigenvalue weighted by atomic mass is 9.92. The maximum Gasteiger partial charge on any atom is 0.253 e. The van der Waals surface area contributed by atoms with Crippen LogP contribution in [0.3, 0.4) is 0 Å². The van der Waals surface area contributed by atoms with E-state index in [0.717, 1.165) is 67.7 Å². The van der Waals surface area contributed by atoms with Crippen LogP contribution in [0.5, 0.6) is 5.75 Å². The molecule has 2 atom stereocenters. The molecule has 0 radical (unpaired) electrons. The average Bonchev–Trinajstić information content (AvgIpc) is 3.05. The molecule has 2 aliphatic heterocycles. The van der Waals surface area contributed by atoms with Gasteiger partial charge in [0.25, 0.3) is 5.91 Å². The van der Waals surface area contributed by atoms with Gasteiger partial charge in [-0.15, -0.1) is 12.4 Å². The Labute approximate surface area is 167 Å². The molecule has 2 heterocycles. The number of likely N-dealkylation sites (tertiary alicyclic amines) is 1. The Morgan fingerprint density at radius 2 is 1.59 bits per heavy atom. The zero-order chi connectivity index (χ0) is 17.8. The number of amides is 1. The van der Waals surface area contributed by atoms with Crippen molar-refractivity contribution >= 4 is 18.3 Å². The molecule has 2 fully saturated rings. The molecular formula is C22H27ClN2O2. The smallest absolute Gasteiger partial charge is 0.253 e. The van der Waals surface area contributed by atoms with Gasteiger partial charge in [0, 0.05) is 18.7 Å². The monoisotopic (exact) mass is 386 g/mol. The molecule has 27 heavy (non-hydrogen) atoms. The van der Waals surface area contributed by atoms with E-state index in [0.29, 0.717) is 6.61 Å². The summed E-state index contributed by atoms with van der Waals surface area (Å²) in [6.07, 6.45) is 2.23. The zero-order valence-corrected chi connectivity index (χ0v) is 16.3. The predicted molar refractivity (Wildman–Crippen MR) is 109 cm³/mol. The highest BCUT2D eigenvalue weighted by molar-refractivity contribution is 5.94. The van der Waals surface area contributed by atoms with Crippen LogP contribution in [-0.2, 0) is 6.61 Å². The summed E-state index contributed by atoms with van der Waals surface area (Å²) in [5, 5.41) is 3.48. The first-order valence-electron chi connectivity index (χ1n) is 9.56. The summed E-state index contributed by atoms with van der Waals surface area (Å²) in [4.78, 5) is 14.9. The second-order valence-corrected chi connectivity index (χ2v) is 7.35. The summed E-state index contributed by atoms with van der Waals surface area (Å²) in [7, 11) is 0. The molecule has 0 saturated carbocycles. The zero-order valence-electron chi connectivity index (χ0n) is 15.5. The largest absolute Gasteiger partial charge is 0.489 e. The van der Waals surface area contributed by atoms with E-state index in [1.165, 1.54) is 0 Å². The summed E-state index contributed by atoms with van der Waals surface area (Å²) in [5.41, 5.74) is 1.85. The number of ether oxygens (including phenoxy) is 1. The van der Waals surface area contributed by atoms with Gasteiger partial charge < -0.3 is 15.0 Å². The summed E-state index contributed by atoms with van der Waals surface area (Å²) in [6.45, 7) is 4.49. The Hall–Kier alpha value is -2.04. The number of nitrogens with one attached hydrogen (secondary N) is 1. The summed E-state index contributed by atoms with van der Waals surface area (Å²) < 4.78 is 5.77. The van der Waals surface area contributed by atoms with Crippen LogP contribution in [-0.4, -0.2) is 37.0 Å². The third-order valence-electron chi connectivity index (χ3n) is 5.66. The molecule has 0 spiro atoms. The van der Waals surface area contributed by atoms with Crippen molar-refractivity contribution in [2.45, 2.75) is 19.4 Å². The quantitative estimate of drug-likeness (QED) is 0.869. The van der Waals surface area contributed by atoms with E-state index < -0.39 is 0 Å². The molecular weight excluding hydrogens is 360 g/mol. The highest BCUT2D eigenvalue weighted by Gasteiger charge is 2.31. The molecule has 5 heteroatoms. The minimum absolute atomic E-state index is 0. The van der Waals surface area contributed by atoms with Crippen molar-refractivity contribution in [3.8, 4) is 5.75 Å². The van der Waals surface area contributed by atoms with Crippen molar-refractivity contribution in [2.24, 2.45) is 11.8 Å². The maximum atomic E-state index is 12.8. The molecule has 4 nitrogen and oxygen atoms in total. The molecule has 4 rings (SSSR count). The number of nitrogens with zero attached hydrogens (tertiary/aromatic N) is 1. The van der Waals surface area contributed by atoms with E-state index >= 15 is 0 Å². The van der Waals surface area contributed by atoms with Gasteiger partial charge in [0.05, 0.1) is 0 Å². The Morgan fingerprint density at radius 1 is 0.963 bits per heavy atom. The number of fused-ring (bicyclic) bond motifs is 1. The Kier molecular flexibility index (Phi) is 6.75. The number of hydrogen-bond donors (Lipinski definition) is 1. The van der Waals surface area contributed by atoms with Gasteiger partial charge in [-0.3, -0.25) is 4.79 Å². The third-order valence-corrected chi connectivity index (χ3v) is 5.66. The Morgan fingerprint density at radius 3 is 2.22 bits per heavy atom. The molecule has 1 N–H and O–H groups in total. The maximum absolute atomic E-state index is 12.8. The minimum atomic E-state index is 0. The molecule has 2 aliphatic rings. The number of para-hydroxylation sites is 1. The van der Waals surface area contributed by atoms with Crippen LogP contribution in [0.4, 0.5) is 0 Å². The van der Waals surface area contributed by atoms with Crippen molar-refractivity contribution in [3.63, 3.8) is 0 Å². The lowest BCUT2D eigenvalue weighted by Crippen LogP contribution is -2.32. The molecule has 0 bridgehead atoms. The van der Waals surface area contributed by atoms with Crippen molar-refractivity contribution in [3.05, 3.63) is 65.7 Å². The number of halogens is 1. The predicted octanol–water partition coefficient (Wildman–Crippen LogP) is 3.76. The second kappa shape index (κ2) is 9.25. The molecule has 1 amide bonds. The fourth-order valence-electron chi connectivity index (χ4n) is 4.03. The third kappa shape index (κ3) is 4.82. The van der Waals surface area contributed by atoms with Gasteiger partial charge in [0.1, 0.15) is 12.4 Å². The highest BCUT2D eigenvalue weighted by atomic mass is 35.5. The summed E-state index contributed by atoms with van der Waals surface area (Å²) >= 11 is 0. The van der Waals surface area contributed by atoms with E-state index in [1.807, 2.05) is 59.5 Å². The standard InChI is InChI=1S/C22H26N2O2.ClH/c25-22(24-12-10-19-14-23-15-20(19)11-13-24)18-8-6-17(7-9-18)16-26-21-4-2-1-3-5-21;/h1-9,19-20,23H,10-16H2;1H/t19-,20+;. The van der Waals surface area contributed by atoms with Gasteiger partial charge in [0.15, 0.2) is 0 Å². The number of benzene rings is 2. The molecule has 0 aliphatic carbocycles. The summed E-state index contributed by atoms with van der Waals surface area (Å²) in [5.74, 6) is 2.50. The van der Waals surface area contributed by atoms with Crippen LogP contribution in [0.25, 0.3) is 0 Å². The molecule has 2 aromatic rings. The van der Waals surface area contributed by atoms with Gasteiger partial charge >= 0.3 is 0 Å². The highest BCUT2D eigenvalue weighted by Crippen LogP contribution is 2.27. The number of carbonyl (C=O) groups is 1. The number of rotatable bonds is 4. The fourth-order valence-corrected chi connectivity index (χ4v) is 4.03. The molecule has 144 valence electrons. The Bertz CT molecular complexity index is 722. The van der Waals surface area contributed by atoms with E-state index in [1.54, 1.807) is 0 Å². The van der Waals surface area contributed by atoms with Crippen LogP contribution >= 0.6 is 12.4 Å². The minimum Gasteiger partial charge on any atom is -0.489 e. The van der Waals surface area contributed by atoms with Gasteiger partial charge in [-0.05, 0) is 67.6 Å². The van der Waals surface area contributed by atoms with Gasteiger partial charge in [0.2, 0.25) is 0 Å². The first-order valence-corrected chi connectivity index (χ1v) is 9.56. The van der Waals surface area contributed by atoms with Gasteiger partial charge in [-0.1, -0.05) is 30.3 Å². The van der Waals surface area contributed by atoms with Crippen LogP contribution in [0.1, 0.15) is 28.8 Å². The molecule has 0 aromatic heterocycles. The SMILES string of the molecule is Cl.O=C(c1ccc(COc2ccccc2)cc1)N1CC[C@@H]2CNC[C@@H]2CC1. The first-order chi connectivity index (χ1) is 12.8. The van der Waals surface area contributed by atoms with Crippen molar-refractivity contribution < 1.29 is 9.53 Å². The van der Waals surface area contributed by atoms with Gasteiger partial charge in [-0.25, -0.2) is 0 Å². The number of hydrogen-bond acceptors (Lipinski definition) is 3. The van der Waals surface area contributed by atoms with Crippen molar-refractivity contribution in [1.82, 2.24) is 10.2 Å².